The monoisotopic (exact) mass is 330 g/mol. The van der Waals surface area contributed by atoms with Gasteiger partial charge in [0.2, 0.25) is 0 Å². The fourth-order valence-corrected chi connectivity index (χ4v) is 2.80. The number of halogens is 2. The Hall–Kier alpha value is -2.16. The van der Waals surface area contributed by atoms with E-state index in [0.29, 0.717) is 11.2 Å². The summed E-state index contributed by atoms with van der Waals surface area (Å²) in [6.07, 6.45) is 0. The zero-order valence-corrected chi connectivity index (χ0v) is 12.5. The lowest BCUT2D eigenvalue weighted by molar-refractivity contribution is -0.384. The highest BCUT2D eigenvalue weighted by Gasteiger charge is 2.43. The van der Waals surface area contributed by atoms with Crippen LogP contribution in [0.4, 0.5) is 14.5 Å². The fraction of sp³-hybridized carbons (Fsp3) is 0.308. The summed E-state index contributed by atoms with van der Waals surface area (Å²) in [6.45, 7) is 2.82. The minimum atomic E-state index is -3.78. The van der Waals surface area contributed by atoms with Crippen molar-refractivity contribution in [2.24, 2.45) is 0 Å². The van der Waals surface area contributed by atoms with Gasteiger partial charge in [-0.25, -0.2) is 4.79 Å². The Morgan fingerprint density at radius 1 is 1.50 bits per heavy atom. The van der Waals surface area contributed by atoms with Crippen molar-refractivity contribution in [2.45, 2.75) is 24.0 Å². The van der Waals surface area contributed by atoms with Gasteiger partial charge in [0.25, 0.3) is 5.69 Å². The highest BCUT2D eigenvalue weighted by Crippen LogP contribution is 2.42. The number of hydrogen-bond acceptors (Lipinski definition) is 5. The van der Waals surface area contributed by atoms with Crippen LogP contribution < -0.4 is 0 Å². The molecule has 1 aromatic carbocycles. The summed E-state index contributed by atoms with van der Waals surface area (Å²) in [5, 5.41) is 7.29. The van der Waals surface area contributed by atoms with Crippen molar-refractivity contribution in [3.8, 4) is 0 Å². The molecule has 0 atom stereocenters. The van der Waals surface area contributed by atoms with Crippen LogP contribution in [0.1, 0.15) is 12.6 Å². The Morgan fingerprint density at radius 2 is 2.18 bits per heavy atom. The van der Waals surface area contributed by atoms with E-state index in [1.165, 1.54) is 25.1 Å². The van der Waals surface area contributed by atoms with Gasteiger partial charge in [-0.15, -0.1) is 0 Å². The molecule has 0 saturated heterocycles. The molecule has 1 heterocycles. The topological polar surface area (TPSA) is 85.2 Å². The molecule has 2 aromatic rings. The van der Waals surface area contributed by atoms with E-state index in [1.54, 1.807) is 6.92 Å². The number of benzene rings is 1. The molecule has 9 heteroatoms. The number of alkyl halides is 2. The Labute approximate surface area is 128 Å². The number of nitro benzene ring substituents is 1. The summed E-state index contributed by atoms with van der Waals surface area (Å²) in [5.41, 5.74) is 0.655. The van der Waals surface area contributed by atoms with Crippen LogP contribution in [0.3, 0.4) is 0 Å². The molecule has 0 radical (unpaired) electrons. The first kappa shape index (κ1) is 16.2. The van der Waals surface area contributed by atoms with Crippen molar-refractivity contribution >= 4 is 34.3 Å². The van der Waals surface area contributed by atoms with E-state index >= 15 is 0 Å². The largest absolute Gasteiger partial charge is 0.461 e. The van der Waals surface area contributed by atoms with Gasteiger partial charge in [-0.05, 0) is 31.7 Å². The number of nitrogens with one attached hydrogen (secondary N) is 1. The van der Waals surface area contributed by atoms with Crippen LogP contribution in [0.15, 0.2) is 23.1 Å². The van der Waals surface area contributed by atoms with E-state index in [-0.39, 0.29) is 34.3 Å². The van der Waals surface area contributed by atoms with E-state index < -0.39 is 16.1 Å². The quantitative estimate of drug-likeness (QED) is 0.391. The summed E-state index contributed by atoms with van der Waals surface area (Å²) in [6, 6.07) is 3.91. The lowest BCUT2D eigenvalue weighted by Gasteiger charge is -2.13. The van der Waals surface area contributed by atoms with Gasteiger partial charge in [0, 0.05) is 33.6 Å². The minimum absolute atomic E-state index is 0.0154. The van der Waals surface area contributed by atoms with Crippen LogP contribution in [0.2, 0.25) is 0 Å². The lowest BCUT2D eigenvalue weighted by atomic mass is 10.2. The average Bonchev–Trinajstić information content (AvgIpc) is 2.74. The minimum Gasteiger partial charge on any atom is -0.461 e. The van der Waals surface area contributed by atoms with Gasteiger partial charge in [-0.2, -0.15) is 8.78 Å². The second-order valence-electron chi connectivity index (χ2n) is 4.41. The molecule has 0 unspecified atom stereocenters. The molecular weight excluding hydrogens is 318 g/mol. The van der Waals surface area contributed by atoms with Gasteiger partial charge in [0.15, 0.2) is 0 Å². The van der Waals surface area contributed by atoms with Crippen LogP contribution >= 0.6 is 11.8 Å². The summed E-state index contributed by atoms with van der Waals surface area (Å²) in [4.78, 5) is 24.4. The number of ether oxygens (including phenoxy) is 1. The third-order valence-corrected chi connectivity index (χ3v) is 4.02. The smallest absolute Gasteiger partial charge is 0.393 e. The van der Waals surface area contributed by atoms with Crippen LogP contribution in [0.5, 0.6) is 0 Å². The maximum absolute atomic E-state index is 13.9. The lowest BCUT2D eigenvalue weighted by Crippen LogP contribution is -2.27. The van der Waals surface area contributed by atoms with Gasteiger partial charge in [0.1, 0.15) is 0 Å². The number of non-ortho nitro benzene ring substituents is 1. The molecule has 0 bridgehead atoms. The first-order valence-corrected chi connectivity index (χ1v) is 7.08. The number of rotatable bonds is 5. The molecule has 0 aliphatic rings. The number of carbonyl (C=O) groups excluding carboxylic acids is 1. The van der Waals surface area contributed by atoms with E-state index in [9.17, 15) is 23.7 Å². The number of aromatic amines is 1. The number of hydrogen-bond donors (Lipinski definition) is 1. The third-order valence-electron chi connectivity index (χ3n) is 2.86. The molecular formula is C13H12F2N2O4S. The number of nitrogens with zero attached hydrogens (tertiary/aromatic N) is 1. The molecule has 0 spiro atoms. The number of fused-ring (bicyclic) bond motifs is 1. The van der Waals surface area contributed by atoms with Crippen molar-refractivity contribution in [3.63, 3.8) is 0 Å². The molecule has 6 nitrogen and oxygen atoms in total. The normalized spacial score (nSPS) is 11.6. The molecule has 2 rings (SSSR count). The van der Waals surface area contributed by atoms with Crippen molar-refractivity contribution < 1.29 is 23.2 Å². The van der Waals surface area contributed by atoms with Gasteiger partial charge in [0.05, 0.1) is 11.5 Å². The highest BCUT2D eigenvalue weighted by molar-refractivity contribution is 8.01. The standard InChI is InChI=1S/C13H12F2N2O4S/c1-3-21-12(18)13(14,15)22-11-7(2)16-10-5-4-8(17(19)20)6-9(10)11/h4-6,16H,3H2,1-2H3. The number of aryl methyl sites for hydroxylation is 1. The predicted octanol–water partition coefficient (Wildman–Crippen LogP) is 3.63. The first-order chi connectivity index (χ1) is 10.3. The van der Waals surface area contributed by atoms with Crippen LogP contribution in [0.25, 0.3) is 10.9 Å². The van der Waals surface area contributed by atoms with Crippen molar-refractivity contribution in [2.75, 3.05) is 6.61 Å². The maximum Gasteiger partial charge on any atom is 0.393 e. The first-order valence-electron chi connectivity index (χ1n) is 6.27. The molecule has 1 aromatic heterocycles. The molecule has 118 valence electrons. The van der Waals surface area contributed by atoms with Crippen LogP contribution in [-0.4, -0.2) is 27.7 Å². The number of aromatic nitrogens is 1. The number of H-pyrrole nitrogens is 1. The Kier molecular flexibility index (Phi) is 4.36. The predicted molar refractivity (Wildman–Crippen MR) is 77.1 cm³/mol. The highest BCUT2D eigenvalue weighted by atomic mass is 32.2. The van der Waals surface area contributed by atoms with Crippen molar-refractivity contribution in [1.82, 2.24) is 4.98 Å². The molecule has 0 amide bonds. The van der Waals surface area contributed by atoms with Gasteiger partial charge >= 0.3 is 11.2 Å². The van der Waals surface area contributed by atoms with Crippen LogP contribution in [0, 0.1) is 17.0 Å². The molecule has 0 aliphatic heterocycles. The zero-order chi connectivity index (χ0) is 16.5. The number of carbonyl (C=O) groups is 1. The fourth-order valence-electron chi connectivity index (χ4n) is 1.92. The van der Waals surface area contributed by atoms with E-state index in [4.69, 9.17) is 0 Å². The van der Waals surface area contributed by atoms with E-state index in [2.05, 4.69) is 9.72 Å². The van der Waals surface area contributed by atoms with Crippen LogP contribution in [-0.2, 0) is 9.53 Å². The summed E-state index contributed by atoms with van der Waals surface area (Å²) >= 11 is 0.0154. The van der Waals surface area contributed by atoms with E-state index in [1.807, 2.05) is 0 Å². The third kappa shape index (κ3) is 3.03. The Bertz CT molecular complexity index is 745. The number of esters is 1. The second-order valence-corrected chi connectivity index (χ2v) is 5.53. The maximum atomic E-state index is 13.9. The molecule has 0 saturated carbocycles. The Morgan fingerprint density at radius 3 is 2.77 bits per heavy atom. The summed E-state index contributed by atoms with van der Waals surface area (Å²) < 4.78 is 32.1. The van der Waals surface area contributed by atoms with E-state index in [0.717, 1.165) is 0 Å². The van der Waals surface area contributed by atoms with Crippen molar-refractivity contribution in [1.29, 1.82) is 0 Å². The molecule has 0 fully saturated rings. The Balaban J connectivity index is 2.46. The molecule has 0 aliphatic carbocycles. The average molecular weight is 330 g/mol. The zero-order valence-electron chi connectivity index (χ0n) is 11.7. The SMILES string of the molecule is CCOC(=O)C(F)(F)Sc1c(C)[nH]c2ccc([N+](=O)[O-])cc12. The molecule has 1 N–H and O–H groups in total. The number of thioether (sulfide) groups is 1. The van der Waals surface area contributed by atoms with Gasteiger partial charge in [-0.1, -0.05) is 0 Å². The number of nitro groups is 1. The van der Waals surface area contributed by atoms with Gasteiger partial charge < -0.3 is 9.72 Å². The second kappa shape index (κ2) is 5.91. The molecule has 22 heavy (non-hydrogen) atoms. The van der Waals surface area contributed by atoms with Crippen molar-refractivity contribution in [3.05, 3.63) is 34.0 Å². The van der Waals surface area contributed by atoms with Gasteiger partial charge in [-0.3, -0.25) is 10.1 Å². The summed E-state index contributed by atoms with van der Waals surface area (Å²) in [5.74, 6) is -1.64. The summed E-state index contributed by atoms with van der Waals surface area (Å²) in [7, 11) is 0.